The summed E-state index contributed by atoms with van der Waals surface area (Å²) in [6.45, 7) is 5.19. The molecule has 1 amide bonds. The van der Waals surface area contributed by atoms with Gasteiger partial charge in [0.05, 0.1) is 10.7 Å². The molecule has 0 unspecified atom stereocenters. The number of rotatable bonds is 4. The van der Waals surface area contributed by atoms with Gasteiger partial charge >= 0.3 is 0 Å². The van der Waals surface area contributed by atoms with Crippen molar-refractivity contribution in [2.75, 3.05) is 13.1 Å². The van der Waals surface area contributed by atoms with Gasteiger partial charge in [0.25, 0.3) is 0 Å². The summed E-state index contributed by atoms with van der Waals surface area (Å²) in [6.07, 6.45) is 4.64. The summed E-state index contributed by atoms with van der Waals surface area (Å²) in [5.41, 5.74) is 1.48. The number of hydrogen-bond acceptors (Lipinski definition) is 4. The Balaban J connectivity index is 1.33. The molecule has 1 aromatic heterocycles. The average molecular weight is 291 g/mol. The van der Waals surface area contributed by atoms with E-state index in [-0.39, 0.29) is 5.92 Å². The van der Waals surface area contributed by atoms with Gasteiger partial charge in [0.2, 0.25) is 5.91 Å². The lowest BCUT2D eigenvalue weighted by molar-refractivity contribution is -0.123. The van der Waals surface area contributed by atoms with Crippen molar-refractivity contribution in [3.63, 3.8) is 0 Å². The number of aryl methyl sites for hydroxylation is 1. The molecular weight excluding hydrogens is 270 g/mol. The molecule has 3 fully saturated rings. The summed E-state index contributed by atoms with van der Waals surface area (Å²) in [4.78, 5) is 19.2. The van der Waals surface area contributed by atoms with Gasteiger partial charge in [-0.15, -0.1) is 11.3 Å². The van der Waals surface area contributed by atoms with Gasteiger partial charge in [-0.05, 0) is 44.6 Å². The minimum atomic E-state index is 0.283. The Kier molecular flexibility index (Phi) is 2.89. The normalized spacial score (nSPS) is 32.8. The third-order valence-electron chi connectivity index (χ3n) is 4.95. The lowest BCUT2D eigenvalue weighted by Crippen LogP contribution is -2.30. The third-order valence-corrected chi connectivity index (χ3v) is 5.77. The zero-order chi connectivity index (χ0) is 13.7. The summed E-state index contributed by atoms with van der Waals surface area (Å²) < 4.78 is 0. The van der Waals surface area contributed by atoms with Crippen LogP contribution in [0.4, 0.5) is 0 Å². The van der Waals surface area contributed by atoms with Crippen LogP contribution in [-0.2, 0) is 11.3 Å². The smallest absolute Gasteiger partial charge is 0.223 e. The quantitative estimate of drug-likeness (QED) is 0.922. The first-order valence-corrected chi connectivity index (χ1v) is 8.46. The highest BCUT2D eigenvalue weighted by molar-refractivity contribution is 7.09. The molecule has 4 nitrogen and oxygen atoms in total. The Hall–Kier alpha value is -0.940. The minimum Gasteiger partial charge on any atom is -0.353 e. The average Bonchev–Trinajstić information content (AvgIpc) is 3.25. The predicted octanol–water partition coefficient (Wildman–Crippen LogP) is 1.94. The molecule has 108 valence electrons. The monoisotopic (exact) mass is 291 g/mol. The number of aromatic nitrogens is 1. The van der Waals surface area contributed by atoms with Gasteiger partial charge in [0.1, 0.15) is 0 Å². The highest BCUT2D eigenvalue weighted by Gasteiger charge is 2.60. The maximum Gasteiger partial charge on any atom is 0.223 e. The fourth-order valence-corrected chi connectivity index (χ4v) is 4.13. The number of nitrogens with one attached hydrogen (secondary N) is 1. The number of likely N-dealkylation sites (tertiary alicyclic amines) is 1. The number of amides is 1. The third kappa shape index (κ3) is 2.37. The van der Waals surface area contributed by atoms with Crippen molar-refractivity contribution in [3.8, 4) is 0 Å². The van der Waals surface area contributed by atoms with E-state index < -0.39 is 0 Å². The molecule has 0 aromatic carbocycles. The van der Waals surface area contributed by atoms with Crippen LogP contribution >= 0.6 is 11.3 Å². The molecule has 5 heteroatoms. The van der Waals surface area contributed by atoms with Gasteiger partial charge in [-0.25, -0.2) is 4.98 Å². The molecule has 20 heavy (non-hydrogen) atoms. The van der Waals surface area contributed by atoms with Crippen LogP contribution in [0, 0.1) is 18.3 Å². The topological polar surface area (TPSA) is 45.2 Å². The van der Waals surface area contributed by atoms with E-state index in [4.69, 9.17) is 0 Å². The van der Waals surface area contributed by atoms with E-state index in [0.29, 0.717) is 17.4 Å². The molecule has 0 radical (unpaired) electrons. The molecule has 1 N–H and O–H groups in total. The first-order valence-electron chi connectivity index (χ1n) is 7.58. The van der Waals surface area contributed by atoms with E-state index >= 15 is 0 Å². The van der Waals surface area contributed by atoms with Crippen molar-refractivity contribution >= 4 is 17.2 Å². The molecule has 2 heterocycles. The number of carbonyl (C=O) groups excluding carboxylic acids is 1. The molecule has 2 atom stereocenters. The van der Waals surface area contributed by atoms with Crippen molar-refractivity contribution in [1.82, 2.24) is 15.2 Å². The Morgan fingerprint density at radius 3 is 3.15 bits per heavy atom. The minimum absolute atomic E-state index is 0.283. The van der Waals surface area contributed by atoms with Gasteiger partial charge in [-0.3, -0.25) is 9.69 Å². The molecule has 1 aromatic rings. The maximum absolute atomic E-state index is 12.1. The Morgan fingerprint density at radius 1 is 1.60 bits per heavy atom. The van der Waals surface area contributed by atoms with E-state index in [1.54, 1.807) is 11.3 Å². The molecule has 1 spiro atoms. The van der Waals surface area contributed by atoms with Crippen LogP contribution in [0.3, 0.4) is 0 Å². The summed E-state index contributed by atoms with van der Waals surface area (Å²) in [5, 5.41) is 6.46. The van der Waals surface area contributed by atoms with Crippen molar-refractivity contribution < 1.29 is 4.79 Å². The Morgan fingerprint density at radius 2 is 2.45 bits per heavy atom. The SMILES string of the molecule is Cc1nc(CN2CC[C@@]3(C[C@H]3C(=O)NC3CC3)C2)cs1. The lowest BCUT2D eigenvalue weighted by Gasteiger charge is -2.14. The Labute approximate surface area is 123 Å². The molecular formula is C15H21N3OS. The summed E-state index contributed by atoms with van der Waals surface area (Å²) in [6, 6.07) is 0.496. The number of nitrogens with zero attached hydrogens (tertiary/aromatic N) is 2. The summed E-state index contributed by atoms with van der Waals surface area (Å²) in [7, 11) is 0. The van der Waals surface area contributed by atoms with Crippen LogP contribution in [0.2, 0.25) is 0 Å². The van der Waals surface area contributed by atoms with Crippen LogP contribution in [0.1, 0.15) is 36.4 Å². The maximum atomic E-state index is 12.1. The fraction of sp³-hybridized carbons (Fsp3) is 0.733. The van der Waals surface area contributed by atoms with E-state index in [1.165, 1.54) is 25.0 Å². The number of hydrogen-bond donors (Lipinski definition) is 1. The summed E-state index contributed by atoms with van der Waals surface area (Å²) in [5.74, 6) is 0.601. The van der Waals surface area contributed by atoms with Crippen molar-refractivity contribution in [2.45, 2.75) is 45.2 Å². The second-order valence-corrected chi connectivity index (χ2v) is 7.78. The molecule has 1 aliphatic heterocycles. The standard InChI is InChI=1S/C15H21N3OS/c1-10-16-12(8-20-10)7-18-5-4-15(9-18)6-13(15)14(19)17-11-2-3-11/h8,11,13H,2-7,9H2,1H3,(H,17,19)/t13-,15+/m0/s1. The fourth-order valence-electron chi connectivity index (χ4n) is 3.53. The van der Waals surface area contributed by atoms with Gasteiger partial charge in [-0.2, -0.15) is 0 Å². The largest absolute Gasteiger partial charge is 0.353 e. The lowest BCUT2D eigenvalue weighted by atomic mass is 10.0. The van der Waals surface area contributed by atoms with Crippen molar-refractivity contribution in [3.05, 3.63) is 16.1 Å². The number of thiazole rings is 1. The van der Waals surface area contributed by atoms with Gasteiger partial charge < -0.3 is 5.32 Å². The zero-order valence-electron chi connectivity index (χ0n) is 11.9. The molecule has 2 saturated carbocycles. The van der Waals surface area contributed by atoms with Crippen molar-refractivity contribution in [2.24, 2.45) is 11.3 Å². The zero-order valence-corrected chi connectivity index (χ0v) is 12.7. The highest BCUT2D eigenvalue weighted by Crippen LogP contribution is 2.58. The first-order chi connectivity index (χ1) is 9.64. The van der Waals surface area contributed by atoms with Crippen LogP contribution in [0.25, 0.3) is 0 Å². The van der Waals surface area contributed by atoms with Gasteiger partial charge in [-0.1, -0.05) is 0 Å². The first kappa shape index (κ1) is 12.8. The highest BCUT2D eigenvalue weighted by atomic mass is 32.1. The number of carbonyl (C=O) groups is 1. The van der Waals surface area contributed by atoms with Gasteiger partial charge in [0, 0.05) is 30.4 Å². The molecule has 1 saturated heterocycles. The van der Waals surface area contributed by atoms with Crippen LogP contribution in [-0.4, -0.2) is 34.9 Å². The molecule has 0 bridgehead atoms. The van der Waals surface area contributed by atoms with E-state index in [9.17, 15) is 4.79 Å². The molecule has 4 rings (SSSR count). The van der Waals surface area contributed by atoms with Crippen molar-refractivity contribution in [1.29, 1.82) is 0 Å². The Bertz CT molecular complexity index is 539. The van der Waals surface area contributed by atoms with E-state index in [0.717, 1.165) is 31.1 Å². The molecule has 2 aliphatic carbocycles. The molecule has 3 aliphatic rings. The van der Waals surface area contributed by atoms with Crippen LogP contribution in [0.15, 0.2) is 5.38 Å². The van der Waals surface area contributed by atoms with Crippen LogP contribution in [0.5, 0.6) is 0 Å². The van der Waals surface area contributed by atoms with Gasteiger partial charge in [0.15, 0.2) is 0 Å². The van der Waals surface area contributed by atoms with Crippen LogP contribution < -0.4 is 5.32 Å². The van der Waals surface area contributed by atoms with E-state index in [2.05, 4.69) is 27.5 Å². The summed E-state index contributed by atoms with van der Waals surface area (Å²) >= 11 is 1.72. The second kappa shape index (κ2) is 4.53. The van der Waals surface area contributed by atoms with E-state index in [1.807, 2.05) is 0 Å². The predicted molar refractivity (Wildman–Crippen MR) is 78.4 cm³/mol. The second-order valence-electron chi connectivity index (χ2n) is 6.72.